The van der Waals surface area contributed by atoms with Crippen molar-refractivity contribution in [3.63, 3.8) is 0 Å². The van der Waals surface area contributed by atoms with Gasteiger partial charge in [-0.15, -0.1) is 24.0 Å². The van der Waals surface area contributed by atoms with Crippen LogP contribution < -0.4 is 20.4 Å². The summed E-state index contributed by atoms with van der Waals surface area (Å²) in [6.45, 7) is 8.39. The molecule has 2 aliphatic rings. The molecule has 1 aromatic heterocycles. The van der Waals surface area contributed by atoms with Gasteiger partial charge in [0.1, 0.15) is 5.82 Å². The lowest BCUT2D eigenvalue weighted by Gasteiger charge is -2.36. The fourth-order valence-corrected chi connectivity index (χ4v) is 4.62. The van der Waals surface area contributed by atoms with E-state index in [2.05, 4.69) is 70.9 Å². The minimum Gasteiger partial charge on any atom is -0.360 e. The molecule has 174 valence electrons. The fourth-order valence-electron chi connectivity index (χ4n) is 3.82. The maximum Gasteiger partial charge on any atom is 0.239 e. The van der Waals surface area contributed by atoms with Gasteiger partial charge in [0, 0.05) is 76.5 Å². The van der Waals surface area contributed by atoms with Gasteiger partial charge in [-0.05, 0) is 17.7 Å². The van der Waals surface area contributed by atoms with E-state index in [1.165, 1.54) is 17.1 Å². The Hall–Kier alpha value is -2.15. The molecule has 1 amide bonds. The van der Waals surface area contributed by atoms with Crippen molar-refractivity contribution in [2.24, 2.45) is 4.99 Å². The lowest BCUT2D eigenvalue weighted by atomic mass is 10.2. The zero-order valence-corrected chi connectivity index (χ0v) is 21.7. The lowest BCUT2D eigenvalue weighted by molar-refractivity contribution is -0.120. The number of aryl methyl sites for hydroxylation is 1. The minimum atomic E-state index is 0. The van der Waals surface area contributed by atoms with Crippen molar-refractivity contribution >= 4 is 58.2 Å². The molecule has 2 fully saturated rings. The van der Waals surface area contributed by atoms with Gasteiger partial charge < -0.3 is 25.3 Å². The van der Waals surface area contributed by atoms with Gasteiger partial charge in [-0.2, -0.15) is 4.37 Å². The summed E-state index contributed by atoms with van der Waals surface area (Å²) in [7, 11) is 1.83. The Labute approximate surface area is 210 Å². The van der Waals surface area contributed by atoms with Crippen LogP contribution in [0.15, 0.2) is 29.3 Å². The van der Waals surface area contributed by atoms with Gasteiger partial charge in [-0.1, -0.05) is 19.1 Å². The van der Waals surface area contributed by atoms with E-state index in [9.17, 15) is 4.79 Å². The van der Waals surface area contributed by atoms with Crippen molar-refractivity contribution in [2.75, 3.05) is 62.7 Å². The van der Waals surface area contributed by atoms with Crippen LogP contribution in [0.25, 0.3) is 0 Å². The van der Waals surface area contributed by atoms with Gasteiger partial charge in [0.05, 0.1) is 6.54 Å². The van der Waals surface area contributed by atoms with Crippen molar-refractivity contribution in [1.29, 1.82) is 0 Å². The molecule has 2 aliphatic heterocycles. The number of aliphatic imine (C=N–C) groups is 1. The van der Waals surface area contributed by atoms with E-state index in [0.717, 1.165) is 61.7 Å². The minimum absolute atomic E-state index is 0. The Morgan fingerprint density at radius 3 is 2.53 bits per heavy atom. The summed E-state index contributed by atoms with van der Waals surface area (Å²) in [5.41, 5.74) is 2.27. The maximum absolute atomic E-state index is 11.6. The summed E-state index contributed by atoms with van der Waals surface area (Å²) in [6.07, 6.45) is 0.876. The van der Waals surface area contributed by atoms with Crippen LogP contribution in [0.1, 0.15) is 18.3 Å². The van der Waals surface area contributed by atoms with Crippen molar-refractivity contribution in [3.8, 4) is 0 Å². The lowest BCUT2D eigenvalue weighted by Crippen LogP contribution is -2.52. The number of carbonyl (C=O) groups excluding carboxylic acids is 1. The third-order valence-corrected chi connectivity index (χ3v) is 6.44. The number of amides is 1. The molecule has 2 saturated heterocycles. The molecule has 2 aromatic rings. The van der Waals surface area contributed by atoms with E-state index in [0.29, 0.717) is 19.6 Å². The number of hydrogen-bond donors (Lipinski definition) is 2. The summed E-state index contributed by atoms with van der Waals surface area (Å²) < 4.78 is 4.40. The number of nitrogens with one attached hydrogen (secondary N) is 2. The molecule has 0 radical (unpaired) electrons. The van der Waals surface area contributed by atoms with E-state index in [1.807, 2.05) is 7.05 Å². The van der Waals surface area contributed by atoms with Crippen LogP contribution in [-0.4, -0.2) is 79.0 Å². The highest BCUT2D eigenvalue weighted by Crippen LogP contribution is 2.19. The maximum atomic E-state index is 11.6. The largest absolute Gasteiger partial charge is 0.360 e. The molecule has 0 saturated carbocycles. The van der Waals surface area contributed by atoms with Crippen molar-refractivity contribution < 1.29 is 4.79 Å². The highest BCUT2D eigenvalue weighted by molar-refractivity contribution is 14.0. The Kier molecular flexibility index (Phi) is 8.91. The molecule has 1 aromatic carbocycles. The van der Waals surface area contributed by atoms with Gasteiger partial charge in [0.15, 0.2) is 5.96 Å². The first-order valence-corrected chi connectivity index (χ1v) is 11.6. The number of hydrogen-bond acceptors (Lipinski definition) is 7. The zero-order chi connectivity index (χ0) is 21.6. The Morgan fingerprint density at radius 1 is 1.16 bits per heavy atom. The molecule has 11 heteroatoms. The molecule has 4 rings (SSSR count). The standard InChI is InChI=1S/C21H30N8OS.HI/c1-3-18-25-21(31-26-18)28-12-10-27(11-13-28)20(22-2)24-14-16-4-6-17(7-5-16)29-9-8-23-19(30)15-29;/h4-7H,3,8-15H2,1-2H3,(H,22,24)(H,23,30);1H. The van der Waals surface area contributed by atoms with Crippen molar-refractivity contribution in [3.05, 3.63) is 35.7 Å². The Morgan fingerprint density at radius 2 is 1.91 bits per heavy atom. The number of nitrogens with zero attached hydrogens (tertiary/aromatic N) is 6. The molecule has 0 atom stereocenters. The van der Waals surface area contributed by atoms with Crippen molar-refractivity contribution in [1.82, 2.24) is 24.9 Å². The van der Waals surface area contributed by atoms with Gasteiger partial charge >= 0.3 is 0 Å². The normalized spacial score (nSPS) is 17.1. The SMILES string of the molecule is CCc1nsc(N2CCN(C(=NC)NCc3ccc(N4CCNC(=O)C4)cc3)CC2)n1.I. The number of benzene rings is 1. The first-order chi connectivity index (χ1) is 15.2. The third-order valence-electron chi connectivity index (χ3n) is 5.63. The van der Waals surface area contributed by atoms with Crippen molar-refractivity contribution in [2.45, 2.75) is 19.9 Å². The van der Waals surface area contributed by atoms with E-state index >= 15 is 0 Å². The molecule has 0 spiro atoms. The summed E-state index contributed by atoms with van der Waals surface area (Å²) in [5, 5.41) is 7.36. The summed E-state index contributed by atoms with van der Waals surface area (Å²) in [5.74, 6) is 1.93. The molecule has 3 heterocycles. The average Bonchev–Trinajstić information content (AvgIpc) is 3.30. The average molecular weight is 571 g/mol. The van der Waals surface area contributed by atoms with Gasteiger partial charge in [0.25, 0.3) is 0 Å². The molecular formula is C21H31IN8OS. The highest BCUT2D eigenvalue weighted by Gasteiger charge is 2.22. The van der Waals surface area contributed by atoms with Crippen LogP contribution in [0.2, 0.25) is 0 Å². The second-order valence-electron chi connectivity index (χ2n) is 7.66. The molecule has 0 aliphatic carbocycles. The van der Waals surface area contributed by atoms with Gasteiger partial charge in [0.2, 0.25) is 11.0 Å². The molecule has 9 nitrogen and oxygen atoms in total. The number of anilines is 2. The number of rotatable bonds is 5. The molecule has 2 N–H and O–H groups in total. The predicted molar refractivity (Wildman–Crippen MR) is 140 cm³/mol. The summed E-state index contributed by atoms with van der Waals surface area (Å²) in [6, 6.07) is 8.40. The van der Waals surface area contributed by atoms with E-state index in [4.69, 9.17) is 0 Å². The first kappa shape index (κ1) is 24.5. The number of halogens is 1. The first-order valence-electron chi connectivity index (χ1n) is 10.8. The monoisotopic (exact) mass is 570 g/mol. The number of guanidine groups is 1. The molecule has 0 unspecified atom stereocenters. The smallest absolute Gasteiger partial charge is 0.239 e. The number of aromatic nitrogens is 2. The predicted octanol–water partition coefficient (Wildman–Crippen LogP) is 1.55. The van der Waals surface area contributed by atoms with Crippen LogP contribution in [0.4, 0.5) is 10.8 Å². The Bertz CT molecular complexity index is 911. The molecular weight excluding hydrogens is 539 g/mol. The zero-order valence-electron chi connectivity index (χ0n) is 18.6. The van der Waals surface area contributed by atoms with Crippen LogP contribution >= 0.6 is 35.5 Å². The van der Waals surface area contributed by atoms with Crippen LogP contribution in [0.5, 0.6) is 0 Å². The van der Waals surface area contributed by atoms with Crippen LogP contribution in [0, 0.1) is 0 Å². The summed E-state index contributed by atoms with van der Waals surface area (Å²) >= 11 is 1.49. The molecule has 32 heavy (non-hydrogen) atoms. The van der Waals surface area contributed by atoms with Gasteiger partial charge in [-0.3, -0.25) is 9.79 Å². The van der Waals surface area contributed by atoms with Crippen LogP contribution in [0.3, 0.4) is 0 Å². The topological polar surface area (TPSA) is 89.0 Å². The fraction of sp³-hybridized carbons (Fsp3) is 0.524. The highest BCUT2D eigenvalue weighted by atomic mass is 127. The quantitative estimate of drug-likeness (QED) is 0.321. The number of piperazine rings is 2. The van der Waals surface area contributed by atoms with E-state index < -0.39 is 0 Å². The number of carbonyl (C=O) groups is 1. The van der Waals surface area contributed by atoms with E-state index in [1.54, 1.807) is 0 Å². The second kappa shape index (κ2) is 11.6. The summed E-state index contributed by atoms with van der Waals surface area (Å²) in [4.78, 5) is 27.4. The molecule has 0 bridgehead atoms. The van der Waals surface area contributed by atoms with E-state index in [-0.39, 0.29) is 29.9 Å². The third kappa shape index (κ3) is 6.00. The Balaban J connectivity index is 0.00000289. The van der Waals surface area contributed by atoms with Crippen LogP contribution in [-0.2, 0) is 17.8 Å². The van der Waals surface area contributed by atoms with Gasteiger partial charge in [-0.25, -0.2) is 4.98 Å². The second-order valence-corrected chi connectivity index (χ2v) is 8.39.